The third-order valence-electron chi connectivity index (χ3n) is 5.55. The van der Waals surface area contributed by atoms with Crippen LogP contribution in [0.15, 0.2) is 30.3 Å². The molecule has 2 heteroatoms. The van der Waals surface area contributed by atoms with Gasteiger partial charge in [-0.25, -0.2) is 0 Å². The molecule has 20 heavy (non-hydrogen) atoms. The van der Waals surface area contributed by atoms with Crippen LogP contribution in [0, 0.1) is 11.3 Å². The van der Waals surface area contributed by atoms with E-state index in [1.54, 1.807) is 0 Å². The lowest BCUT2D eigenvalue weighted by Crippen LogP contribution is -2.41. The van der Waals surface area contributed by atoms with Crippen molar-refractivity contribution in [3.8, 4) is 0 Å². The molecule has 0 bridgehead atoms. The van der Waals surface area contributed by atoms with E-state index in [0.717, 1.165) is 18.8 Å². The predicted molar refractivity (Wildman–Crippen MR) is 81.4 cm³/mol. The molecule has 2 fully saturated rings. The number of hydrogen-bond acceptors (Lipinski definition) is 1. The fraction of sp³-hybridized carbons (Fsp3) is 0.611. The first-order valence-corrected chi connectivity index (χ1v) is 8.05. The normalized spacial score (nSPS) is 33.4. The van der Waals surface area contributed by atoms with E-state index in [4.69, 9.17) is 0 Å². The predicted octanol–water partition coefficient (Wildman–Crippen LogP) is 3.70. The first-order valence-electron chi connectivity index (χ1n) is 8.05. The van der Waals surface area contributed by atoms with Gasteiger partial charge in [0.1, 0.15) is 0 Å². The summed E-state index contributed by atoms with van der Waals surface area (Å²) >= 11 is 0. The molecule has 1 heterocycles. The summed E-state index contributed by atoms with van der Waals surface area (Å²) in [5, 5.41) is 3.26. The molecular weight excluding hydrogens is 246 g/mol. The van der Waals surface area contributed by atoms with Crippen molar-refractivity contribution in [2.45, 2.75) is 57.9 Å². The smallest absolute Gasteiger partial charge is 0.220 e. The Morgan fingerprint density at radius 2 is 1.90 bits per heavy atom. The van der Waals surface area contributed by atoms with Crippen LogP contribution in [-0.2, 0) is 11.2 Å². The van der Waals surface area contributed by atoms with Crippen LogP contribution in [-0.4, -0.2) is 11.9 Å². The van der Waals surface area contributed by atoms with Crippen molar-refractivity contribution in [3.63, 3.8) is 0 Å². The number of nitrogens with one attached hydrogen (secondary N) is 1. The number of benzene rings is 1. The molecule has 1 unspecified atom stereocenters. The average molecular weight is 271 g/mol. The molecule has 1 aliphatic heterocycles. The topological polar surface area (TPSA) is 29.1 Å². The second-order valence-corrected chi connectivity index (χ2v) is 6.70. The number of rotatable bonds is 3. The van der Waals surface area contributed by atoms with E-state index in [1.165, 1.54) is 37.7 Å². The van der Waals surface area contributed by atoms with Gasteiger partial charge in [0.25, 0.3) is 0 Å². The highest BCUT2D eigenvalue weighted by Gasteiger charge is 2.47. The molecule has 2 aliphatic rings. The second-order valence-electron chi connectivity index (χ2n) is 6.70. The lowest BCUT2D eigenvalue weighted by atomic mass is 9.65. The van der Waals surface area contributed by atoms with Crippen LogP contribution in [0.25, 0.3) is 0 Å². The van der Waals surface area contributed by atoms with E-state index >= 15 is 0 Å². The first-order chi connectivity index (χ1) is 9.72. The van der Waals surface area contributed by atoms with Crippen molar-refractivity contribution in [2.75, 3.05) is 0 Å². The van der Waals surface area contributed by atoms with Gasteiger partial charge >= 0.3 is 0 Å². The summed E-state index contributed by atoms with van der Waals surface area (Å²) in [7, 11) is 0. The molecular formula is C18H25NO. The van der Waals surface area contributed by atoms with Crippen LogP contribution < -0.4 is 5.32 Å². The first kappa shape index (κ1) is 13.7. The summed E-state index contributed by atoms with van der Waals surface area (Å²) in [5.74, 6) is 1.15. The minimum atomic E-state index is 0.235. The minimum absolute atomic E-state index is 0.235. The maximum atomic E-state index is 12.0. The van der Waals surface area contributed by atoms with Crippen LogP contribution in [0.2, 0.25) is 0 Å². The molecule has 1 atom stereocenters. The monoisotopic (exact) mass is 271 g/mol. The van der Waals surface area contributed by atoms with Crippen LogP contribution in [0.4, 0.5) is 0 Å². The van der Waals surface area contributed by atoms with Crippen molar-refractivity contribution in [1.82, 2.24) is 5.32 Å². The van der Waals surface area contributed by atoms with Gasteiger partial charge in [-0.2, -0.15) is 0 Å². The number of carbonyl (C=O) groups is 1. The molecule has 108 valence electrons. The van der Waals surface area contributed by atoms with Gasteiger partial charge in [-0.05, 0) is 49.0 Å². The van der Waals surface area contributed by atoms with Crippen molar-refractivity contribution in [3.05, 3.63) is 35.9 Å². The summed E-state index contributed by atoms with van der Waals surface area (Å²) in [4.78, 5) is 12.0. The van der Waals surface area contributed by atoms with Crippen LogP contribution in [0.3, 0.4) is 0 Å². The summed E-state index contributed by atoms with van der Waals surface area (Å²) in [5.41, 5.74) is 1.58. The average Bonchev–Trinajstić information content (AvgIpc) is 2.76. The van der Waals surface area contributed by atoms with Gasteiger partial charge in [0.2, 0.25) is 5.91 Å². The van der Waals surface area contributed by atoms with E-state index in [0.29, 0.717) is 6.04 Å². The lowest BCUT2D eigenvalue weighted by molar-refractivity contribution is -0.119. The van der Waals surface area contributed by atoms with Crippen molar-refractivity contribution < 1.29 is 4.79 Å². The fourth-order valence-electron chi connectivity index (χ4n) is 4.14. The Morgan fingerprint density at radius 1 is 1.20 bits per heavy atom. The molecule has 0 aromatic heterocycles. The van der Waals surface area contributed by atoms with Crippen LogP contribution in [0.1, 0.15) is 51.0 Å². The Balaban J connectivity index is 1.74. The number of amides is 1. The molecule has 3 rings (SSSR count). The van der Waals surface area contributed by atoms with E-state index in [-0.39, 0.29) is 11.3 Å². The standard InChI is InChI=1S/C18H25NO/c1-2-14-8-10-18(11-9-14)13-17(20)19-16(18)12-15-6-4-3-5-7-15/h3-7,14,16H,2,8-13H2,1H3,(H,19,20). The molecule has 1 aromatic rings. The highest BCUT2D eigenvalue weighted by molar-refractivity contribution is 5.80. The molecule has 0 radical (unpaired) electrons. The molecule has 1 spiro atoms. The van der Waals surface area contributed by atoms with E-state index in [1.807, 2.05) is 0 Å². The maximum absolute atomic E-state index is 12.0. The van der Waals surface area contributed by atoms with Gasteiger partial charge in [0, 0.05) is 12.5 Å². The highest BCUT2D eigenvalue weighted by Crippen LogP contribution is 2.48. The SMILES string of the molecule is CCC1CCC2(CC1)CC(=O)NC2Cc1ccccc1. The number of hydrogen-bond donors (Lipinski definition) is 1. The largest absolute Gasteiger partial charge is 0.352 e. The van der Waals surface area contributed by atoms with Crippen LogP contribution in [0.5, 0.6) is 0 Å². The Kier molecular flexibility index (Phi) is 3.82. The zero-order valence-electron chi connectivity index (χ0n) is 12.4. The van der Waals surface area contributed by atoms with E-state index in [9.17, 15) is 4.79 Å². The van der Waals surface area contributed by atoms with Gasteiger partial charge in [0.05, 0.1) is 0 Å². The summed E-state index contributed by atoms with van der Waals surface area (Å²) in [6.45, 7) is 2.29. The van der Waals surface area contributed by atoms with Gasteiger partial charge in [0.15, 0.2) is 0 Å². The Morgan fingerprint density at radius 3 is 2.55 bits per heavy atom. The zero-order chi connectivity index (χ0) is 14.0. The summed E-state index contributed by atoms with van der Waals surface area (Å²) < 4.78 is 0. The molecule has 2 nitrogen and oxygen atoms in total. The van der Waals surface area contributed by atoms with E-state index in [2.05, 4.69) is 42.6 Å². The second kappa shape index (κ2) is 5.59. The van der Waals surface area contributed by atoms with Crippen molar-refractivity contribution in [2.24, 2.45) is 11.3 Å². The highest BCUT2D eigenvalue weighted by atomic mass is 16.2. The summed E-state index contributed by atoms with van der Waals surface area (Å²) in [6.07, 6.45) is 8.09. The van der Waals surface area contributed by atoms with Gasteiger partial charge in [-0.1, -0.05) is 43.7 Å². The third-order valence-corrected chi connectivity index (χ3v) is 5.55. The Hall–Kier alpha value is -1.31. The Bertz CT molecular complexity index is 460. The third kappa shape index (κ3) is 2.61. The van der Waals surface area contributed by atoms with Crippen LogP contribution >= 0.6 is 0 Å². The summed E-state index contributed by atoms with van der Waals surface area (Å²) in [6, 6.07) is 10.9. The van der Waals surface area contributed by atoms with Gasteiger partial charge in [-0.3, -0.25) is 4.79 Å². The molecule has 1 aliphatic carbocycles. The van der Waals surface area contributed by atoms with Crippen molar-refractivity contribution in [1.29, 1.82) is 0 Å². The molecule has 1 N–H and O–H groups in total. The Labute approximate surface area is 122 Å². The zero-order valence-corrected chi connectivity index (χ0v) is 12.4. The fourth-order valence-corrected chi connectivity index (χ4v) is 4.14. The maximum Gasteiger partial charge on any atom is 0.220 e. The molecule has 1 amide bonds. The quantitative estimate of drug-likeness (QED) is 0.892. The van der Waals surface area contributed by atoms with Gasteiger partial charge < -0.3 is 5.32 Å². The minimum Gasteiger partial charge on any atom is -0.352 e. The molecule has 1 aromatic carbocycles. The van der Waals surface area contributed by atoms with E-state index < -0.39 is 0 Å². The van der Waals surface area contributed by atoms with Crippen molar-refractivity contribution >= 4 is 5.91 Å². The lowest BCUT2D eigenvalue weighted by Gasteiger charge is -2.40. The van der Waals surface area contributed by atoms with Gasteiger partial charge in [-0.15, -0.1) is 0 Å². The number of carbonyl (C=O) groups excluding carboxylic acids is 1. The molecule has 1 saturated carbocycles. The molecule has 1 saturated heterocycles.